The van der Waals surface area contributed by atoms with Gasteiger partial charge in [-0.25, -0.2) is 9.59 Å². The summed E-state index contributed by atoms with van der Waals surface area (Å²) < 4.78 is 9.53. The van der Waals surface area contributed by atoms with Crippen molar-refractivity contribution >= 4 is 35.1 Å². The third-order valence-electron chi connectivity index (χ3n) is 1.69. The fourth-order valence-corrected chi connectivity index (χ4v) is 1.40. The van der Waals surface area contributed by atoms with Crippen LogP contribution in [0.1, 0.15) is 13.8 Å². The maximum Gasteiger partial charge on any atom is 0.345 e. The van der Waals surface area contributed by atoms with Crippen molar-refractivity contribution < 1.29 is 19.1 Å². The molecule has 0 radical (unpaired) electrons. The predicted octanol–water partition coefficient (Wildman–Crippen LogP) is 2.40. The zero-order valence-corrected chi connectivity index (χ0v) is 11.2. The second-order valence-corrected chi connectivity index (χ2v) is 3.29. The molecule has 0 aliphatic rings. The number of halogens is 2. The molecule has 0 saturated carbocycles. The number of hydrogen-bond acceptors (Lipinski definition) is 4. The predicted molar refractivity (Wildman–Crippen MR) is 66.0 cm³/mol. The molecule has 0 aliphatic heterocycles. The maximum absolute atomic E-state index is 11.6. The highest BCUT2D eigenvalue weighted by Gasteiger charge is 2.24. The molecular weight excluding hydrogens is 267 g/mol. The van der Waals surface area contributed by atoms with Crippen molar-refractivity contribution in [3.8, 4) is 0 Å². The van der Waals surface area contributed by atoms with E-state index in [4.69, 9.17) is 32.7 Å². The molecule has 0 aromatic heterocycles. The van der Waals surface area contributed by atoms with Crippen LogP contribution in [0, 0.1) is 0 Å². The summed E-state index contributed by atoms with van der Waals surface area (Å²) in [5, 5.41) is 0. The first-order valence-corrected chi connectivity index (χ1v) is 5.99. The smallest absolute Gasteiger partial charge is 0.345 e. The van der Waals surface area contributed by atoms with Crippen molar-refractivity contribution in [1.82, 2.24) is 0 Å². The Hall–Kier alpha value is -1.000. The van der Waals surface area contributed by atoms with Crippen molar-refractivity contribution in [2.24, 2.45) is 0 Å². The molecule has 0 amide bonds. The summed E-state index contributed by atoms with van der Waals surface area (Å²) in [4.78, 5) is 23.2. The van der Waals surface area contributed by atoms with E-state index in [2.05, 4.69) is 0 Å². The Kier molecular flexibility index (Phi) is 8.54. The topological polar surface area (TPSA) is 52.6 Å². The highest BCUT2D eigenvalue weighted by Crippen LogP contribution is 2.13. The minimum atomic E-state index is -0.767. The Morgan fingerprint density at radius 3 is 1.88 bits per heavy atom. The van der Waals surface area contributed by atoms with Gasteiger partial charge in [0.25, 0.3) is 0 Å². The summed E-state index contributed by atoms with van der Waals surface area (Å²) in [5.74, 6) is -1.58. The Balaban J connectivity index is 5.34. The van der Waals surface area contributed by atoms with Gasteiger partial charge in [-0.1, -0.05) is 11.6 Å². The lowest BCUT2D eigenvalue weighted by molar-refractivity contribution is -0.146. The van der Waals surface area contributed by atoms with Gasteiger partial charge in [0.15, 0.2) is 0 Å². The van der Waals surface area contributed by atoms with Gasteiger partial charge in [-0.05, 0) is 25.5 Å². The second-order valence-electron chi connectivity index (χ2n) is 2.77. The summed E-state index contributed by atoms with van der Waals surface area (Å²) in [7, 11) is 0. The number of carbonyl (C=O) groups is 2. The van der Waals surface area contributed by atoms with Crippen molar-refractivity contribution in [3.63, 3.8) is 0 Å². The number of allylic oxidation sites excluding steroid dienone is 2. The molecule has 0 fully saturated rings. The minimum Gasteiger partial charge on any atom is -0.462 e. The third-order valence-corrected chi connectivity index (χ3v) is 2.10. The number of hydrogen-bond donors (Lipinski definition) is 0. The van der Waals surface area contributed by atoms with Crippen LogP contribution in [0.2, 0.25) is 0 Å². The molecular formula is C11H14Cl2O4. The fraction of sp³-hybridized carbons (Fsp3) is 0.455. The van der Waals surface area contributed by atoms with Gasteiger partial charge in [0.2, 0.25) is 0 Å². The summed E-state index contributed by atoms with van der Waals surface area (Å²) >= 11 is 11.1. The fourth-order valence-electron chi connectivity index (χ4n) is 1.02. The van der Waals surface area contributed by atoms with Crippen LogP contribution in [-0.2, 0) is 19.1 Å². The van der Waals surface area contributed by atoms with Crippen LogP contribution in [0.15, 0.2) is 22.8 Å². The average Bonchev–Trinajstić information content (AvgIpc) is 2.29. The average molecular weight is 281 g/mol. The lowest BCUT2D eigenvalue weighted by Gasteiger charge is -2.09. The zero-order chi connectivity index (χ0) is 13.3. The molecule has 0 atom stereocenters. The number of ether oxygens (including phenoxy) is 2. The van der Waals surface area contributed by atoms with Crippen molar-refractivity contribution in [2.75, 3.05) is 19.1 Å². The van der Waals surface area contributed by atoms with Gasteiger partial charge < -0.3 is 9.47 Å². The van der Waals surface area contributed by atoms with Gasteiger partial charge in [0.05, 0.1) is 13.2 Å². The van der Waals surface area contributed by atoms with Gasteiger partial charge in [-0.3, -0.25) is 0 Å². The van der Waals surface area contributed by atoms with E-state index in [0.717, 1.165) is 5.54 Å². The number of carbonyl (C=O) groups excluding carboxylic acids is 2. The van der Waals surface area contributed by atoms with E-state index >= 15 is 0 Å². The molecule has 96 valence electrons. The van der Waals surface area contributed by atoms with Gasteiger partial charge in [0.1, 0.15) is 5.57 Å². The van der Waals surface area contributed by atoms with Crippen LogP contribution in [-0.4, -0.2) is 31.0 Å². The van der Waals surface area contributed by atoms with Gasteiger partial charge in [0, 0.05) is 11.4 Å². The van der Waals surface area contributed by atoms with Crippen LogP contribution in [0.3, 0.4) is 0 Å². The normalized spacial score (nSPS) is 10.1. The molecule has 0 N–H and O–H groups in total. The Morgan fingerprint density at radius 1 is 1.12 bits per heavy atom. The Labute approximate surface area is 110 Å². The van der Waals surface area contributed by atoms with E-state index < -0.39 is 11.9 Å². The lowest BCUT2D eigenvalue weighted by atomic mass is 10.1. The number of esters is 2. The van der Waals surface area contributed by atoms with E-state index in [-0.39, 0.29) is 30.2 Å². The molecule has 0 bridgehead atoms. The molecule has 0 aromatic rings. The van der Waals surface area contributed by atoms with Crippen LogP contribution in [0.4, 0.5) is 0 Å². The number of alkyl halides is 1. The molecule has 0 unspecified atom stereocenters. The SMILES string of the molecule is CCOC(=O)C(C(=O)OCC)=C(/C=C/Cl)CCl. The van der Waals surface area contributed by atoms with E-state index in [1.54, 1.807) is 13.8 Å². The third kappa shape index (κ3) is 5.24. The molecule has 4 nitrogen and oxygen atoms in total. The molecule has 0 heterocycles. The standard InChI is InChI=1S/C11H14Cl2O4/c1-3-16-10(14)9(11(15)17-4-2)8(7-13)5-6-12/h5-6H,3-4,7H2,1-2H3/b6-5+. The number of rotatable bonds is 6. The molecule has 0 saturated heterocycles. The quantitative estimate of drug-likeness (QED) is 0.187. The molecule has 0 aliphatic carbocycles. The first-order chi connectivity index (χ1) is 8.12. The summed E-state index contributed by atoms with van der Waals surface area (Å²) in [6.45, 7) is 3.58. The van der Waals surface area contributed by atoms with Crippen molar-refractivity contribution in [2.45, 2.75) is 13.8 Å². The van der Waals surface area contributed by atoms with Crippen LogP contribution in [0.5, 0.6) is 0 Å². The maximum atomic E-state index is 11.6. The van der Waals surface area contributed by atoms with Gasteiger partial charge in [-0.2, -0.15) is 0 Å². The molecule has 0 spiro atoms. The molecule has 0 rings (SSSR count). The Morgan fingerprint density at radius 2 is 1.59 bits per heavy atom. The van der Waals surface area contributed by atoms with E-state index in [9.17, 15) is 9.59 Å². The minimum absolute atomic E-state index is 0.0455. The Bertz CT molecular complexity index is 314. The van der Waals surface area contributed by atoms with Crippen molar-refractivity contribution in [3.05, 3.63) is 22.8 Å². The largest absolute Gasteiger partial charge is 0.462 e. The lowest BCUT2D eigenvalue weighted by Crippen LogP contribution is -2.20. The van der Waals surface area contributed by atoms with Gasteiger partial charge >= 0.3 is 11.9 Å². The molecule has 0 aromatic carbocycles. The monoisotopic (exact) mass is 280 g/mol. The highest BCUT2D eigenvalue weighted by atomic mass is 35.5. The summed E-state index contributed by atoms with van der Waals surface area (Å²) in [6, 6.07) is 0. The zero-order valence-electron chi connectivity index (χ0n) is 9.66. The van der Waals surface area contributed by atoms with E-state index in [0.29, 0.717) is 0 Å². The first kappa shape index (κ1) is 16.0. The molecule has 6 heteroatoms. The molecule has 17 heavy (non-hydrogen) atoms. The van der Waals surface area contributed by atoms with Crippen LogP contribution in [0.25, 0.3) is 0 Å². The van der Waals surface area contributed by atoms with E-state index in [1.165, 1.54) is 6.08 Å². The summed E-state index contributed by atoms with van der Waals surface area (Å²) in [6.07, 6.45) is 1.36. The van der Waals surface area contributed by atoms with Crippen molar-refractivity contribution in [1.29, 1.82) is 0 Å². The van der Waals surface area contributed by atoms with Crippen LogP contribution >= 0.6 is 23.2 Å². The summed E-state index contributed by atoms with van der Waals surface area (Å²) in [5.41, 5.74) is 1.20. The first-order valence-electron chi connectivity index (χ1n) is 5.02. The highest BCUT2D eigenvalue weighted by molar-refractivity contribution is 6.26. The van der Waals surface area contributed by atoms with Crippen LogP contribution < -0.4 is 0 Å². The second kappa shape index (κ2) is 9.07. The van der Waals surface area contributed by atoms with E-state index in [1.807, 2.05) is 0 Å². The van der Waals surface area contributed by atoms with Gasteiger partial charge in [-0.15, -0.1) is 11.6 Å².